The van der Waals surface area contributed by atoms with E-state index >= 15 is 0 Å². The molecule has 0 spiro atoms. The normalized spacial score (nSPS) is 10.9. The van der Waals surface area contributed by atoms with Gasteiger partial charge in [-0.1, -0.05) is 36.4 Å². The first-order valence-corrected chi connectivity index (χ1v) is 10.0. The summed E-state index contributed by atoms with van der Waals surface area (Å²) in [6, 6.07) is 20.2. The number of hydrogen-bond donors (Lipinski definition) is 2. The van der Waals surface area contributed by atoms with Crippen molar-refractivity contribution in [1.29, 1.82) is 0 Å². The average Bonchev–Trinajstić information content (AvgIpc) is 2.70. The van der Waals surface area contributed by atoms with Crippen molar-refractivity contribution in [2.24, 2.45) is 0 Å². The van der Waals surface area contributed by atoms with Crippen LogP contribution < -0.4 is 14.8 Å². The van der Waals surface area contributed by atoms with E-state index in [1.54, 1.807) is 67.6 Å². The number of ether oxygens (including phenoxy) is 1. The van der Waals surface area contributed by atoms with Crippen LogP contribution in [0.25, 0.3) is 0 Å². The van der Waals surface area contributed by atoms with Gasteiger partial charge in [0.05, 0.1) is 17.7 Å². The molecule has 7 heteroatoms. The van der Waals surface area contributed by atoms with Crippen LogP contribution in [0.2, 0.25) is 0 Å². The van der Waals surface area contributed by atoms with Crippen molar-refractivity contribution in [2.45, 2.75) is 11.8 Å². The third kappa shape index (κ3) is 4.32. The number of carbonyl (C=O) groups excluding carboxylic acids is 1. The lowest BCUT2D eigenvalue weighted by atomic mass is 10.2. The monoisotopic (exact) mass is 396 g/mol. The van der Waals surface area contributed by atoms with Crippen LogP contribution >= 0.6 is 0 Å². The maximum atomic E-state index is 12.9. The van der Waals surface area contributed by atoms with Crippen molar-refractivity contribution >= 4 is 27.3 Å². The molecule has 0 fully saturated rings. The fraction of sp³-hybridized carbons (Fsp3) is 0.0952. The first-order chi connectivity index (χ1) is 13.4. The molecule has 2 N–H and O–H groups in total. The maximum Gasteiger partial charge on any atom is 0.262 e. The van der Waals surface area contributed by atoms with E-state index in [-0.39, 0.29) is 10.8 Å². The molecule has 6 nitrogen and oxygen atoms in total. The number of hydrogen-bond acceptors (Lipinski definition) is 4. The molecule has 0 atom stereocenters. The Morgan fingerprint density at radius 3 is 2.32 bits per heavy atom. The molecule has 0 heterocycles. The zero-order valence-electron chi connectivity index (χ0n) is 15.5. The number of para-hydroxylation sites is 2. The van der Waals surface area contributed by atoms with Crippen LogP contribution in [0.4, 0.5) is 11.4 Å². The van der Waals surface area contributed by atoms with Crippen molar-refractivity contribution in [3.63, 3.8) is 0 Å². The first kappa shape index (κ1) is 19.4. The van der Waals surface area contributed by atoms with Crippen LogP contribution in [0, 0.1) is 6.92 Å². The van der Waals surface area contributed by atoms with E-state index in [0.717, 1.165) is 0 Å². The third-order valence-electron chi connectivity index (χ3n) is 4.12. The lowest BCUT2D eigenvalue weighted by Crippen LogP contribution is -2.16. The highest BCUT2D eigenvalue weighted by Gasteiger charge is 2.20. The van der Waals surface area contributed by atoms with Gasteiger partial charge in [-0.3, -0.25) is 9.52 Å². The molecule has 0 saturated heterocycles. The highest BCUT2D eigenvalue weighted by Crippen LogP contribution is 2.28. The second-order valence-corrected chi connectivity index (χ2v) is 7.76. The summed E-state index contributed by atoms with van der Waals surface area (Å²) < 4.78 is 33.6. The summed E-state index contributed by atoms with van der Waals surface area (Å²) in [4.78, 5) is 12.4. The molecule has 144 valence electrons. The van der Waals surface area contributed by atoms with Gasteiger partial charge in [-0.25, -0.2) is 8.42 Å². The van der Waals surface area contributed by atoms with Crippen molar-refractivity contribution in [1.82, 2.24) is 0 Å². The quantitative estimate of drug-likeness (QED) is 0.658. The van der Waals surface area contributed by atoms with E-state index in [9.17, 15) is 13.2 Å². The smallest absolute Gasteiger partial charge is 0.262 e. The van der Waals surface area contributed by atoms with Gasteiger partial charge in [-0.15, -0.1) is 0 Å². The summed E-state index contributed by atoms with van der Waals surface area (Å²) in [5.41, 5.74) is 1.77. The minimum atomic E-state index is -3.88. The molecule has 0 radical (unpaired) electrons. The van der Waals surface area contributed by atoms with Gasteiger partial charge < -0.3 is 10.1 Å². The first-order valence-electron chi connectivity index (χ1n) is 8.53. The van der Waals surface area contributed by atoms with Gasteiger partial charge >= 0.3 is 0 Å². The lowest BCUT2D eigenvalue weighted by Gasteiger charge is -2.14. The van der Waals surface area contributed by atoms with Crippen LogP contribution in [-0.4, -0.2) is 21.4 Å². The average molecular weight is 396 g/mol. The largest absolute Gasteiger partial charge is 0.495 e. The number of aryl methyl sites for hydroxylation is 1. The number of amides is 1. The number of rotatable bonds is 6. The zero-order chi connectivity index (χ0) is 20.1. The molecule has 0 saturated carbocycles. The summed E-state index contributed by atoms with van der Waals surface area (Å²) >= 11 is 0. The summed E-state index contributed by atoms with van der Waals surface area (Å²) in [7, 11) is -2.41. The Balaban J connectivity index is 1.89. The molecule has 0 aliphatic carbocycles. The number of carbonyl (C=O) groups is 1. The molecular formula is C21H20N2O4S. The molecule has 0 unspecified atom stereocenters. The Labute approximate surface area is 164 Å². The second kappa shape index (κ2) is 8.14. The number of sulfonamides is 1. The number of benzene rings is 3. The Morgan fingerprint density at radius 2 is 1.61 bits per heavy atom. The van der Waals surface area contributed by atoms with E-state index in [1.165, 1.54) is 13.2 Å². The molecule has 0 bridgehead atoms. The number of nitrogens with one attached hydrogen (secondary N) is 2. The SMILES string of the molecule is COc1ccccc1NS(=O)(=O)c1cc(NC(=O)c2ccccc2)ccc1C. The molecular weight excluding hydrogens is 376 g/mol. The highest BCUT2D eigenvalue weighted by atomic mass is 32.2. The standard InChI is InChI=1S/C21H20N2O4S/c1-15-12-13-17(22-21(24)16-8-4-3-5-9-16)14-20(15)28(25,26)23-18-10-6-7-11-19(18)27-2/h3-14,23H,1-2H3,(H,22,24). The van der Waals surface area contributed by atoms with Crippen molar-refractivity contribution in [3.8, 4) is 5.75 Å². The predicted molar refractivity (Wildman–Crippen MR) is 109 cm³/mol. The Kier molecular flexibility index (Phi) is 5.65. The van der Waals surface area contributed by atoms with Crippen LogP contribution in [-0.2, 0) is 10.0 Å². The lowest BCUT2D eigenvalue weighted by molar-refractivity contribution is 0.102. The molecule has 0 aliphatic heterocycles. The second-order valence-electron chi connectivity index (χ2n) is 6.11. The number of anilines is 2. The Bertz CT molecular complexity index is 1100. The number of methoxy groups -OCH3 is 1. The third-order valence-corrected chi connectivity index (χ3v) is 5.63. The van der Waals surface area contributed by atoms with E-state index in [0.29, 0.717) is 28.3 Å². The molecule has 0 aliphatic rings. The minimum Gasteiger partial charge on any atom is -0.495 e. The van der Waals surface area contributed by atoms with E-state index in [2.05, 4.69) is 10.0 Å². The Morgan fingerprint density at radius 1 is 0.929 bits per heavy atom. The van der Waals surface area contributed by atoms with Gasteiger partial charge in [-0.05, 0) is 48.9 Å². The van der Waals surface area contributed by atoms with Gasteiger partial charge in [0.15, 0.2) is 0 Å². The highest BCUT2D eigenvalue weighted by molar-refractivity contribution is 7.92. The predicted octanol–water partition coefficient (Wildman–Crippen LogP) is 4.06. The van der Waals surface area contributed by atoms with Gasteiger partial charge in [0.25, 0.3) is 15.9 Å². The molecule has 1 amide bonds. The molecule has 28 heavy (non-hydrogen) atoms. The zero-order valence-corrected chi connectivity index (χ0v) is 16.3. The van der Waals surface area contributed by atoms with Gasteiger partial charge in [-0.2, -0.15) is 0 Å². The van der Waals surface area contributed by atoms with Crippen LogP contribution in [0.1, 0.15) is 15.9 Å². The fourth-order valence-corrected chi connectivity index (χ4v) is 4.03. The van der Waals surface area contributed by atoms with Gasteiger partial charge in [0.2, 0.25) is 0 Å². The van der Waals surface area contributed by atoms with Gasteiger partial charge in [0.1, 0.15) is 5.75 Å². The van der Waals surface area contributed by atoms with Crippen molar-refractivity contribution in [2.75, 3.05) is 17.1 Å². The van der Waals surface area contributed by atoms with Crippen molar-refractivity contribution in [3.05, 3.63) is 83.9 Å². The van der Waals surface area contributed by atoms with Crippen molar-refractivity contribution < 1.29 is 17.9 Å². The Hall–Kier alpha value is -3.32. The molecule has 3 rings (SSSR count). The molecule has 3 aromatic rings. The summed E-state index contributed by atoms with van der Waals surface area (Å²) in [5, 5.41) is 2.73. The van der Waals surface area contributed by atoms with Crippen LogP contribution in [0.3, 0.4) is 0 Å². The minimum absolute atomic E-state index is 0.0734. The van der Waals surface area contributed by atoms with Gasteiger partial charge in [0, 0.05) is 11.3 Å². The topological polar surface area (TPSA) is 84.5 Å². The van der Waals surface area contributed by atoms with E-state index in [4.69, 9.17) is 4.74 Å². The van der Waals surface area contributed by atoms with E-state index < -0.39 is 10.0 Å². The summed E-state index contributed by atoms with van der Waals surface area (Å²) in [6.45, 7) is 1.69. The summed E-state index contributed by atoms with van der Waals surface area (Å²) in [5.74, 6) is 0.0998. The fourth-order valence-electron chi connectivity index (χ4n) is 2.69. The maximum absolute atomic E-state index is 12.9. The summed E-state index contributed by atoms with van der Waals surface area (Å²) in [6.07, 6.45) is 0. The molecule has 3 aromatic carbocycles. The van der Waals surface area contributed by atoms with E-state index in [1.807, 2.05) is 6.07 Å². The van der Waals surface area contributed by atoms with Crippen LogP contribution in [0.5, 0.6) is 5.75 Å². The molecule has 0 aromatic heterocycles. The van der Waals surface area contributed by atoms with Crippen LogP contribution in [0.15, 0.2) is 77.7 Å².